The average molecular weight is 1040 g/mol. The van der Waals surface area contributed by atoms with Gasteiger partial charge in [-0.05, 0) is 36.6 Å². The molecule has 0 atom stereocenters. The first-order valence-electron chi connectivity index (χ1n) is 25.1. The van der Waals surface area contributed by atoms with Crippen LogP contribution in [-0.4, -0.2) is 209 Å². The first-order valence-corrected chi connectivity index (χ1v) is 25.1. The van der Waals surface area contributed by atoms with Gasteiger partial charge in [-0.25, -0.2) is 10.1 Å². The van der Waals surface area contributed by atoms with Gasteiger partial charge in [-0.15, -0.1) is 0 Å². The minimum Gasteiger partial charge on any atom is -0.387 e. The van der Waals surface area contributed by atoms with Crippen molar-refractivity contribution in [2.45, 2.75) is 39.7 Å². The Kier molecular flexibility index (Phi) is 31.4. The Balaban J connectivity index is 0.848. The number of amidine groups is 1. The summed E-state index contributed by atoms with van der Waals surface area (Å²) >= 11 is 0. The van der Waals surface area contributed by atoms with Gasteiger partial charge in [0.1, 0.15) is 12.4 Å². The van der Waals surface area contributed by atoms with Gasteiger partial charge >= 0.3 is 0 Å². The van der Waals surface area contributed by atoms with Crippen molar-refractivity contribution in [1.82, 2.24) is 25.6 Å². The number of fused-ring (bicyclic) bond motifs is 1. The number of nitrogens with two attached hydrogens (primary N) is 1. The quantitative estimate of drug-likeness (QED) is 0.0487. The molecule has 23 heteroatoms. The highest BCUT2D eigenvalue weighted by molar-refractivity contribution is 6.14. The SMILES string of the molecule is CCCN(OCC)C(=O)C1=Cc2ncc(-c3ccc(CNC(=O)CCOCCOCCOCCOCCOCCOCCOCCOCCOCCOCCNC(=O)CN4C(=O)C=CC4=O)cc3)cc2N=C(N)C1. The summed E-state index contributed by atoms with van der Waals surface area (Å²) in [5, 5.41) is 6.88. The van der Waals surface area contributed by atoms with Gasteiger partial charge in [0.05, 0.1) is 150 Å². The van der Waals surface area contributed by atoms with Crippen molar-refractivity contribution >= 4 is 47.1 Å². The van der Waals surface area contributed by atoms with Crippen LogP contribution >= 0.6 is 0 Å². The molecule has 4 rings (SSSR count). The van der Waals surface area contributed by atoms with Crippen LogP contribution in [0, 0.1) is 0 Å². The second-order valence-corrected chi connectivity index (χ2v) is 16.2. The van der Waals surface area contributed by atoms with E-state index in [-0.39, 0.29) is 51.0 Å². The van der Waals surface area contributed by atoms with Gasteiger partial charge in [0, 0.05) is 62.0 Å². The molecule has 2 aliphatic heterocycles. The first-order chi connectivity index (χ1) is 36.2. The van der Waals surface area contributed by atoms with Gasteiger partial charge in [0.15, 0.2) is 0 Å². The monoisotopic (exact) mass is 1040 g/mol. The molecular formula is C51H75N7O16. The average Bonchev–Trinajstić information content (AvgIpc) is 3.60. The minimum absolute atomic E-state index is 0.115. The lowest BCUT2D eigenvalue weighted by Crippen LogP contribution is -2.41. The molecule has 0 fully saturated rings. The highest BCUT2D eigenvalue weighted by Gasteiger charge is 2.26. The maximum Gasteiger partial charge on any atom is 0.273 e. The highest BCUT2D eigenvalue weighted by Crippen LogP contribution is 2.30. The molecule has 5 amide bonds. The molecule has 74 heavy (non-hydrogen) atoms. The number of aliphatic imine (C=N–C) groups is 1. The molecule has 3 heterocycles. The molecule has 0 radical (unpaired) electrons. The van der Waals surface area contributed by atoms with Gasteiger partial charge in [-0.1, -0.05) is 31.2 Å². The van der Waals surface area contributed by atoms with Gasteiger partial charge in [0.25, 0.3) is 17.7 Å². The molecule has 0 saturated heterocycles. The van der Waals surface area contributed by atoms with Crippen LogP contribution < -0.4 is 16.4 Å². The number of nitrogens with one attached hydrogen (secondary N) is 2. The first kappa shape index (κ1) is 61.0. The van der Waals surface area contributed by atoms with E-state index in [1.165, 1.54) is 5.06 Å². The Bertz CT molecular complexity index is 2050. The number of benzene rings is 1. The number of aromatic nitrogens is 1. The largest absolute Gasteiger partial charge is 0.387 e. The molecule has 1 aromatic heterocycles. The summed E-state index contributed by atoms with van der Waals surface area (Å²) in [6.07, 6.45) is 6.92. The standard InChI is InChI=1S/C51H75N7O16/c1-3-13-58(74-4-2)51(63)42-34-44-45(56-46(52)36-42)35-43(38-54-44)41-7-5-40(6-8-41)37-55-47(59)11-14-64-16-18-66-20-22-68-24-26-70-28-30-72-32-33-73-31-29-71-27-25-69-23-21-67-19-17-65-15-12-53-48(60)39-57-49(61)9-10-50(57)62/h5-10,34-35,38H,3-4,11-33,36-37,39H2,1-2H3,(H2,52,56)(H,53,60)(H,55,59). The minimum atomic E-state index is -0.499. The number of nitrogens with zero attached hydrogens (tertiary/aromatic N) is 4. The molecular weight excluding hydrogens is 967 g/mol. The fraction of sp³-hybridized carbons (Fsp3) is 0.588. The van der Waals surface area contributed by atoms with Crippen LogP contribution in [0.3, 0.4) is 0 Å². The van der Waals surface area contributed by atoms with Crippen molar-refractivity contribution in [3.8, 4) is 11.1 Å². The van der Waals surface area contributed by atoms with Crippen LogP contribution in [0.15, 0.2) is 59.2 Å². The number of carbonyl (C=O) groups excluding carboxylic acids is 5. The molecule has 0 saturated carbocycles. The summed E-state index contributed by atoms with van der Waals surface area (Å²) in [6.45, 7) is 13.1. The number of carbonyl (C=O) groups is 5. The van der Waals surface area contributed by atoms with E-state index in [2.05, 4.69) is 20.6 Å². The third-order valence-electron chi connectivity index (χ3n) is 10.4. The zero-order chi connectivity index (χ0) is 52.9. The maximum absolute atomic E-state index is 13.2. The highest BCUT2D eigenvalue weighted by atomic mass is 16.7. The molecule has 0 bridgehead atoms. The Morgan fingerprint density at radius 2 is 1.12 bits per heavy atom. The zero-order valence-electron chi connectivity index (χ0n) is 42.9. The lowest BCUT2D eigenvalue weighted by molar-refractivity contribution is -0.180. The van der Waals surface area contributed by atoms with Gasteiger partial charge in [0.2, 0.25) is 11.8 Å². The summed E-state index contributed by atoms with van der Waals surface area (Å²) in [7, 11) is 0. The predicted octanol–water partition coefficient (Wildman–Crippen LogP) is 1.93. The number of amides is 5. The van der Waals surface area contributed by atoms with Crippen LogP contribution in [0.25, 0.3) is 17.2 Å². The molecule has 0 unspecified atom stereocenters. The summed E-state index contributed by atoms with van der Waals surface area (Å²) in [5.74, 6) is -1.48. The molecule has 0 aliphatic carbocycles. The Labute approximate surface area is 433 Å². The van der Waals surface area contributed by atoms with Crippen LogP contribution in [0.1, 0.15) is 44.4 Å². The van der Waals surface area contributed by atoms with Crippen LogP contribution in [0.2, 0.25) is 0 Å². The van der Waals surface area contributed by atoms with Gasteiger partial charge in [-0.2, -0.15) is 0 Å². The number of imide groups is 1. The second-order valence-electron chi connectivity index (χ2n) is 16.2. The van der Waals surface area contributed by atoms with Gasteiger partial charge < -0.3 is 63.7 Å². The number of rotatable bonds is 43. The Morgan fingerprint density at radius 1 is 0.635 bits per heavy atom. The van der Waals surface area contributed by atoms with E-state index in [1.54, 1.807) is 12.3 Å². The number of pyridine rings is 1. The van der Waals surface area contributed by atoms with E-state index < -0.39 is 17.7 Å². The van der Waals surface area contributed by atoms with Crippen molar-refractivity contribution in [1.29, 1.82) is 0 Å². The molecule has 23 nitrogen and oxygen atoms in total. The van der Waals surface area contributed by atoms with Crippen LogP contribution in [0.5, 0.6) is 0 Å². The topological polar surface area (TPSA) is 269 Å². The lowest BCUT2D eigenvalue weighted by Gasteiger charge is -2.21. The number of ether oxygens (including phenoxy) is 10. The zero-order valence-corrected chi connectivity index (χ0v) is 42.9. The molecule has 4 N–H and O–H groups in total. The van der Waals surface area contributed by atoms with E-state index in [0.717, 1.165) is 40.2 Å². The smallest absolute Gasteiger partial charge is 0.273 e. The molecule has 2 aliphatic rings. The molecule has 1 aromatic carbocycles. The normalized spacial score (nSPS) is 13.2. The fourth-order valence-corrected chi connectivity index (χ4v) is 6.71. The molecule has 2 aromatic rings. The van der Waals surface area contributed by atoms with Crippen LogP contribution in [0.4, 0.5) is 5.69 Å². The second kappa shape index (κ2) is 38.1. The van der Waals surface area contributed by atoms with Crippen molar-refractivity contribution in [3.05, 3.63) is 65.5 Å². The van der Waals surface area contributed by atoms with Gasteiger partial charge in [-0.3, -0.25) is 38.7 Å². The van der Waals surface area contributed by atoms with E-state index >= 15 is 0 Å². The third-order valence-corrected chi connectivity index (χ3v) is 10.4. The number of hydroxylamine groups is 2. The number of hydrogen-bond acceptors (Lipinski definition) is 19. The summed E-state index contributed by atoms with van der Waals surface area (Å²) in [4.78, 5) is 75.9. The van der Waals surface area contributed by atoms with Crippen molar-refractivity contribution in [2.24, 2.45) is 10.7 Å². The molecule has 0 spiro atoms. The van der Waals surface area contributed by atoms with E-state index in [4.69, 9.17) is 57.9 Å². The lowest BCUT2D eigenvalue weighted by atomic mass is 10.0. The van der Waals surface area contributed by atoms with Crippen molar-refractivity contribution in [2.75, 3.05) is 158 Å². The summed E-state index contributed by atoms with van der Waals surface area (Å²) in [5.41, 5.74) is 10.5. The predicted molar refractivity (Wildman–Crippen MR) is 271 cm³/mol. The molecule has 410 valence electrons. The van der Waals surface area contributed by atoms with Crippen molar-refractivity contribution in [3.63, 3.8) is 0 Å². The van der Waals surface area contributed by atoms with E-state index in [1.807, 2.05) is 44.2 Å². The van der Waals surface area contributed by atoms with E-state index in [9.17, 15) is 24.0 Å². The van der Waals surface area contributed by atoms with Crippen molar-refractivity contribution < 1.29 is 76.2 Å². The Hall–Kier alpha value is -5.57. The third kappa shape index (κ3) is 25.6. The maximum atomic E-state index is 13.2. The summed E-state index contributed by atoms with van der Waals surface area (Å²) < 4.78 is 54.9. The summed E-state index contributed by atoms with van der Waals surface area (Å²) in [6, 6.07) is 9.71. The van der Waals surface area contributed by atoms with Crippen LogP contribution in [-0.2, 0) is 82.7 Å². The Morgan fingerprint density at radius 3 is 1.61 bits per heavy atom. The number of hydrogen-bond donors (Lipinski definition) is 3. The van der Waals surface area contributed by atoms with E-state index in [0.29, 0.717) is 161 Å². The fourth-order valence-electron chi connectivity index (χ4n) is 6.71.